The molecule has 3 rings (SSSR count). The Morgan fingerprint density at radius 1 is 1.00 bits per heavy atom. The Kier molecular flexibility index (Phi) is 6.80. The Labute approximate surface area is 177 Å². The lowest BCUT2D eigenvalue weighted by Gasteiger charge is -2.06. The number of benzene rings is 3. The van der Waals surface area contributed by atoms with Gasteiger partial charge in [0.2, 0.25) is 0 Å². The first-order valence-corrected chi connectivity index (χ1v) is 9.14. The van der Waals surface area contributed by atoms with Gasteiger partial charge in [0.15, 0.2) is 5.11 Å². The molecule has 0 aliphatic carbocycles. The van der Waals surface area contributed by atoms with Crippen molar-refractivity contribution < 1.29 is 14.5 Å². The molecular weight excluding hydrogens is 404 g/mol. The zero-order chi connectivity index (χ0) is 21.3. The molecule has 0 saturated heterocycles. The molecule has 9 heteroatoms. The van der Waals surface area contributed by atoms with Crippen LogP contribution in [0.2, 0.25) is 0 Å². The van der Waals surface area contributed by atoms with Crippen LogP contribution in [-0.2, 0) is 0 Å². The summed E-state index contributed by atoms with van der Waals surface area (Å²) in [6.45, 7) is 0. The van der Waals surface area contributed by atoms with Crippen molar-refractivity contribution in [2.24, 2.45) is 5.10 Å². The van der Waals surface area contributed by atoms with Crippen LogP contribution in [0.15, 0.2) is 84.0 Å². The van der Waals surface area contributed by atoms with Crippen molar-refractivity contribution in [3.63, 3.8) is 0 Å². The zero-order valence-electron chi connectivity index (χ0n) is 15.5. The number of esters is 1. The number of nitro benzene ring substituents is 1. The van der Waals surface area contributed by atoms with E-state index in [-0.39, 0.29) is 11.3 Å². The van der Waals surface area contributed by atoms with E-state index in [4.69, 9.17) is 17.0 Å². The number of nitro groups is 1. The summed E-state index contributed by atoms with van der Waals surface area (Å²) in [6, 6.07) is 21.3. The van der Waals surface area contributed by atoms with Crippen molar-refractivity contribution in [1.82, 2.24) is 5.43 Å². The number of non-ortho nitro benzene ring substituents is 1. The lowest BCUT2D eigenvalue weighted by Crippen LogP contribution is -2.23. The maximum atomic E-state index is 12.1. The summed E-state index contributed by atoms with van der Waals surface area (Å²) >= 11 is 5.16. The molecule has 0 spiro atoms. The van der Waals surface area contributed by atoms with Gasteiger partial charge in [-0.25, -0.2) is 4.79 Å². The molecule has 0 radical (unpaired) electrons. The Bertz CT molecular complexity index is 1070. The molecule has 0 unspecified atom stereocenters. The lowest BCUT2D eigenvalue weighted by atomic mass is 10.2. The number of carbonyl (C=O) groups is 1. The molecule has 0 fully saturated rings. The third kappa shape index (κ3) is 5.94. The maximum absolute atomic E-state index is 12.1. The van der Waals surface area contributed by atoms with Gasteiger partial charge >= 0.3 is 5.97 Å². The van der Waals surface area contributed by atoms with Gasteiger partial charge in [-0.15, -0.1) is 0 Å². The second-order valence-electron chi connectivity index (χ2n) is 5.95. The van der Waals surface area contributed by atoms with Crippen LogP contribution in [0.1, 0.15) is 15.9 Å². The van der Waals surface area contributed by atoms with Crippen LogP contribution < -0.4 is 15.5 Å². The van der Waals surface area contributed by atoms with E-state index in [9.17, 15) is 14.9 Å². The predicted molar refractivity (Wildman–Crippen MR) is 118 cm³/mol. The van der Waals surface area contributed by atoms with Gasteiger partial charge in [0.25, 0.3) is 5.69 Å². The standard InChI is InChI=1S/C21H16N4O4S/c26-20(16-8-10-18(11-9-16)25(27)28)29-19-12-6-15(7-13-19)14-22-24-21(30)23-17-4-2-1-3-5-17/h1-14H,(H2,23,24,30)/b22-14-. The third-order valence-electron chi connectivity index (χ3n) is 3.82. The Hall–Kier alpha value is -4.11. The minimum atomic E-state index is -0.606. The average Bonchev–Trinajstić information content (AvgIpc) is 2.75. The number of hydrazone groups is 1. The van der Waals surface area contributed by atoms with Crippen LogP contribution in [0.5, 0.6) is 5.75 Å². The SMILES string of the molecule is O=C(Oc1ccc(/C=N\NC(=S)Nc2ccccc2)cc1)c1ccc([N+](=O)[O-])cc1. The van der Waals surface area contributed by atoms with E-state index in [1.54, 1.807) is 30.5 Å². The van der Waals surface area contributed by atoms with Crippen molar-refractivity contribution in [3.05, 3.63) is 100 Å². The number of carbonyl (C=O) groups excluding carboxylic acids is 1. The highest BCUT2D eigenvalue weighted by Crippen LogP contribution is 2.16. The number of nitrogens with one attached hydrogen (secondary N) is 2. The van der Waals surface area contributed by atoms with Gasteiger partial charge in [-0.2, -0.15) is 5.10 Å². The molecule has 0 aromatic heterocycles. The first-order valence-electron chi connectivity index (χ1n) is 8.73. The molecule has 150 valence electrons. The van der Waals surface area contributed by atoms with E-state index >= 15 is 0 Å². The van der Waals surface area contributed by atoms with Gasteiger partial charge in [0, 0.05) is 17.8 Å². The first-order chi connectivity index (χ1) is 14.5. The molecule has 0 heterocycles. The number of hydrogen-bond donors (Lipinski definition) is 2. The monoisotopic (exact) mass is 420 g/mol. The Morgan fingerprint density at radius 3 is 2.30 bits per heavy atom. The summed E-state index contributed by atoms with van der Waals surface area (Å²) in [5, 5.41) is 18.1. The average molecular weight is 420 g/mol. The molecule has 0 bridgehead atoms. The van der Waals surface area contributed by atoms with E-state index in [0.29, 0.717) is 10.9 Å². The molecule has 0 amide bonds. The summed E-state index contributed by atoms with van der Waals surface area (Å²) in [4.78, 5) is 22.3. The number of rotatable bonds is 6. The topological polar surface area (TPSA) is 106 Å². The Morgan fingerprint density at radius 2 is 1.67 bits per heavy atom. The van der Waals surface area contributed by atoms with Crippen LogP contribution in [0.4, 0.5) is 11.4 Å². The van der Waals surface area contributed by atoms with Crippen molar-refractivity contribution in [1.29, 1.82) is 0 Å². The number of para-hydroxylation sites is 1. The van der Waals surface area contributed by atoms with Crippen LogP contribution in [0, 0.1) is 10.1 Å². The second kappa shape index (κ2) is 9.89. The molecule has 0 atom stereocenters. The largest absolute Gasteiger partial charge is 0.423 e. The second-order valence-corrected chi connectivity index (χ2v) is 6.36. The third-order valence-corrected chi connectivity index (χ3v) is 4.01. The van der Waals surface area contributed by atoms with Gasteiger partial charge in [-0.3, -0.25) is 15.5 Å². The quantitative estimate of drug-likeness (QED) is 0.154. The minimum absolute atomic E-state index is 0.0951. The summed E-state index contributed by atoms with van der Waals surface area (Å²) in [6.07, 6.45) is 1.57. The maximum Gasteiger partial charge on any atom is 0.343 e. The van der Waals surface area contributed by atoms with E-state index < -0.39 is 10.9 Å². The van der Waals surface area contributed by atoms with Crippen LogP contribution in [0.3, 0.4) is 0 Å². The fourth-order valence-corrected chi connectivity index (χ4v) is 2.52. The molecule has 0 aliphatic rings. The lowest BCUT2D eigenvalue weighted by molar-refractivity contribution is -0.384. The molecule has 2 N–H and O–H groups in total. The fraction of sp³-hybridized carbons (Fsp3) is 0. The van der Waals surface area contributed by atoms with Crippen molar-refractivity contribution in [3.8, 4) is 5.75 Å². The van der Waals surface area contributed by atoms with E-state index in [1.807, 2.05) is 30.3 Å². The normalized spacial score (nSPS) is 10.4. The van der Waals surface area contributed by atoms with Crippen molar-refractivity contribution in [2.75, 3.05) is 5.32 Å². The molecule has 30 heavy (non-hydrogen) atoms. The number of nitrogens with zero attached hydrogens (tertiary/aromatic N) is 2. The Balaban J connectivity index is 1.51. The van der Waals surface area contributed by atoms with Crippen LogP contribution in [-0.4, -0.2) is 22.2 Å². The number of thiocarbonyl (C=S) groups is 1. The van der Waals surface area contributed by atoms with E-state index in [1.165, 1.54) is 24.3 Å². The van der Waals surface area contributed by atoms with Gasteiger partial charge < -0.3 is 10.1 Å². The number of anilines is 1. The number of ether oxygens (including phenoxy) is 1. The highest BCUT2D eigenvalue weighted by Gasteiger charge is 2.11. The van der Waals surface area contributed by atoms with Crippen molar-refractivity contribution in [2.45, 2.75) is 0 Å². The molecule has 0 saturated carbocycles. The number of hydrogen-bond acceptors (Lipinski definition) is 6. The van der Waals surface area contributed by atoms with Crippen LogP contribution in [0.25, 0.3) is 0 Å². The summed E-state index contributed by atoms with van der Waals surface area (Å²) in [5.41, 5.74) is 4.45. The summed E-state index contributed by atoms with van der Waals surface area (Å²) < 4.78 is 5.27. The highest BCUT2D eigenvalue weighted by atomic mass is 32.1. The summed E-state index contributed by atoms with van der Waals surface area (Å²) in [7, 11) is 0. The molecule has 0 aliphatic heterocycles. The molecular formula is C21H16N4O4S. The first kappa shape index (κ1) is 20.6. The predicted octanol–water partition coefficient (Wildman–Crippen LogP) is 4.13. The fourth-order valence-electron chi connectivity index (χ4n) is 2.35. The smallest absolute Gasteiger partial charge is 0.343 e. The van der Waals surface area contributed by atoms with Crippen LogP contribution >= 0.6 is 12.2 Å². The highest BCUT2D eigenvalue weighted by molar-refractivity contribution is 7.80. The molecule has 8 nitrogen and oxygen atoms in total. The van der Waals surface area contributed by atoms with Gasteiger partial charge in [0.1, 0.15) is 5.75 Å². The summed E-state index contributed by atoms with van der Waals surface area (Å²) in [5.74, 6) is -0.268. The molecule has 3 aromatic carbocycles. The van der Waals surface area contributed by atoms with E-state index in [0.717, 1.165) is 11.3 Å². The van der Waals surface area contributed by atoms with Gasteiger partial charge in [-0.1, -0.05) is 18.2 Å². The van der Waals surface area contributed by atoms with E-state index in [2.05, 4.69) is 15.8 Å². The van der Waals surface area contributed by atoms with Gasteiger partial charge in [-0.05, 0) is 66.3 Å². The van der Waals surface area contributed by atoms with Crippen molar-refractivity contribution >= 4 is 40.9 Å². The minimum Gasteiger partial charge on any atom is -0.423 e. The van der Waals surface area contributed by atoms with Gasteiger partial charge in [0.05, 0.1) is 16.7 Å². The zero-order valence-corrected chi connectivity index (χ0v) is 16.3. The molecule has 3 aromatic rings.